The molecule has 1 aliphatic rings. The molecule has 0 bridgehead atoms. The van der Waals surface area contributed by atoms with Crippen molar-refractivity contribution < 1.29 is 33.7 Å². The Kier molecular flexibility index (Phi) is 11.4. The van der Waals surface area contributed by atoms with Crippen LogP contribution < -0.4 is 0 Å². The number of nitrogens with zero attached hydrogens (tertiary/aromatic N) is 1. The molecule has 3 atom stereocenters. The second-order valence-corrected chi connectivity index (χ2v) is 19.0. The summed E-state index contributed by atoms with van der Waals surface area (Å²) in [6.45, 7) is 13.9. The van der Waals surface area contributed by atoms with Crippen LogP contribution in [0.2, 0.25) is 25.7 Å². The quantitative estimate of drug-likeness (QED) is 0.0984. The zero-order chi connectivity index (χ0) is 31.0. The molecule has 8 nitrogen and oxygen atoms in total. The average molecular weight is 610 g/mol. The van der Waals surface area contributed by atoms with E-state index in [0.717, 1.165) is 33.5 Å². The van der Waals surface area contributed by atoms with Gasteiger partial charge in [-0.3, -0.25) is 0 Å². The Morgan fingerprint density at radius 3 is 2.42 bits per heavy atom. The van der Waals surface area contributed by atoms with E-state index in [1.807, 2.05) is 42.5 Å². The van der Waals surface area contributed by atoms with E-state index in [0.29, 0.717) is 26.1 Å². The summed E-state index contributed by atoms with van der Waals surface area (Å²) in [5, 5.41) is 13.4. The van der Waals surface area contributed by atoms with Crippen molar-refractivity contribution in [2.45, 2.75) is 83.4 Å². The van der Waals surface area contributed by atoms with Gasteiger partial charge in [0.25, 0.3) is 0 Å². The van der Waals surface area contributed by atoms with E-state index in [2.05, 4.69) is 43.9 Å². The third-order valence-corrected chi connectivity index (χ3v) is 9.05. The number of ether oxygens (including phenoxy) is 4. The van der Waals surface area contributed by atoms with Crippen molar-refractivity contribution in [3.05, 3.63) is 83.4 Å². The molecule has 9 heteroatoms. The summed E-state index contributed by atoms with van der Waals surface area (Å²) in [5.74, 6) is 0.00518. The Morgan fingerprint density at radius 1 is 1.02 bits per heavy atom. The van der Waals surface area contributed by atoms with Crippen LogP contribution in [-0.4, -0.2) is 62.6 Å². The maximum Gasteiger partial charge on any atom is 0.528 e. The Balaban J connectivity index is 1.57. The number of hydroxylamine groups is 2. The highest BCUT2D eigenvalue weighted by molar-refractivity contribution is 6.76. The first-order valence-corrected chi connectivity index (χ1v) is 18.8. The van der Waals surface area contributed by atoms with Gasteiger partial charge in [-0.15, -0.1) is 5.06 Å². The Bertz CT molecular complexity index is 1320. The van der Waals surface area contributed by atoms with Gasteiger partial charge >= 0.3 is 6.16 Å². The molecule has 0 amide bonds. The molecule has 3 aromatic carbocycles. The van der Waals surface area contributed by atoms with Gasteiger partial charge in [-0.25, -0.2) is 4.79 Å². The summed E-state index contributed by atoms with van der Waals surface area (Å²) < 4.78 is 24.4. The predicted octanol–water partition coefficient (Wildman–Crippen LogP) is 7.40. The number of carbonyl (C=O) groups excluding carboxylic acids is 1. The van der Waals surface area contributed by atoms with Gasteiger partial charge in [0.1, 0.15) is 12.4 Å². The van der Waals surface area contributed by atoms with E-state index in [1.54, 1.807) is 25.8 Å². The number of rotatable bonds is 12. The van der Waals surface area contributed by atoms with Gasteiger partial charge in [-0.2, -0.15) is 0 Å². The predicted molar refractivity (Wildman–Crippen MR) is 170 cm³/mol. The van der Waals surface area contributed by atoms with Crippen LogP contribution in [0.25, 0.3) is 10.8 Å². The molecule has 3 unspecified atom stereocenters. The van der Waals surface area contributed by atoms with Crippen molar-refractivity contribution in [1.82, 2.24) is 5.06 Å². The number of aliphatic hydroxyl groups excluding tert-OH is 1. The Morgan fingerprint density at radius 2 is 1.74 bits per heavy atom. The first-order chi connectivity index (χ1) is 20.4. The zero-order valence-electron chi connectivity index (χ0n) is 26.4. The van der Waals surface area contributed by atoms with Gasteiger partial charge in [0.05, 0.1) is 19.3 Å². The highest BCUT2D eigenvalue weighted by atomic mass is 28.3. The molecule has 4 rings (SSSR count). The highest BCUT2D eigenvalue weighted by Gasteiger charge is 2.36. The first-order valence-electron chi connectivity index (χ1n) is 15.1. The summed E-state index contributed by atoms with van der Waals surface area (Å²) in [6.07, 6.45) is -1.14. The molecule has 1 heterocycles. The minimum absolute atomic E-state index is 0.00518. The van der Waals surface area contributed by atoms with Gasteiger partial charge in [-0.05, 0) is 61.2 Å². The van der Waals surface area contributed by atoms with Gasteiger partial charge in [0.2, 0.25) is 0 Å². The molecule has 1 aliphatic heterocycles. The fraction of sp³-hybridized carbons (Fsp3) is 0.500. The van der Waals surface area contributed by atoms with Crippen LogP contribution in [0, 0.1) is 0 Å². The van der Waals surface area contributed by atoms with E-state index in [-0.39, 0.29) is 25.4 Å². The molecule has 0 aliphatic carbocycles. The maximum atomic E-state index is 12.5. The summed E-state index contributed by atoms with van der Waals surface area (Å²) >= 11 is 0. The first kappa shape index (κ1) is 33.1. The molecule has 43 heavy (non-hydrogen) atoms. The van der Waals surface area contributed by atoms with Crippen LogP contribution >= 0.6 is 0 Å². The van der Waals surface area contributed by atoms with E-state index in [4.69, 9.17) is 23.8 Å². The van der Waals surface area contributed by atoms with Gasteiger partial charge in [-0.1, -0.05) is 80.3 Å². The normalized spacial score (nSPS) is 18.9. The second-order valence-electron chi connectivity index (χ2n) is 13.4. The Hall–Kier alpha value is -2.79. The Labute approximate surface area is 256 Å². The molecule has 0 spiro atoms. The number of carbonyl (C=O) groups is 1. The molecule has 0 saturated carbocycles. The van der Waals surface area contributed by atoms with Crippen LogP contribution in [0.3, 0.4) is 0 Å². The molecule has 0 aromatic heterocycles. The molecule has 234 valence electrons. The molecule has 3 aromatic rings. The summed E-state index contributed by atoms with van der Waals surface area (Å²) in [6, 6.07) is 23.3. The minimum atomic E-state index is -1.24. The monoisotopic (exact) mass is 609 g/mol. The van der Waals surface area contributed by atoms with Crippen molar-refractivity contribution in [2.75, 3.05) is 26.5 Å². The highest BCUT2D eigenvalue weighted by Crippen LogP contribution is 2.35. The minimum Gasteiger partial charge on any atom is -0.427 e. The van der Waals surface area contributed by atoms with Crippen molar-refractivity contribution in [3.63, 3.8) is 0 Å². The lowest BCUT2D eigenvalue weighted by Crippen LogP contribution is -2.46. The largest absolute Gasteiger partial charge is 0.528 e. The van der Waals surface area contributed by atoms with Crippen molar-refractivity contribution in [3.8, 4) is 0 Å². The fourth-order valence-corrected chi connectivity index (χ4v) is 5.77. The fourth-order valence-electron chi connectivity index (χ4n) is 5.01. The zero-order valence-corrected chi connectivity index (χ0v) is 27.4. The molecule has 1 fully saturated rings. The topological polar surface area (TPSA) is 86.7 Å². The maximum absolute atomic E-state index is 12.5. The molecular formula is C34H47NO7Si. The number of hydrogen-bond donors (Lipinski definition) is 1. The van der Waals surface area contributed by atoms with Crippen LogP contribution in [0.1, 0.15) is 56.1 Å². The third-order valence-electron chi connectivity index (χ3n) is 7.35. The number of hydrogen-bond acceptors (Lipinski definition) is 8. The lowest BCUT2D eigenvalue weighted by Gasteiger charge is -2.39. The van der Waals surface area contributed by atoms with E-state index >= 15 is 0 Å². The molecular weight excluding hydrogens is 562 g/mol. The van der Waals surface area contributed by atoms with E-state index < -0.39 is 26.1 Å². The second kappa shape index (κ2) is 14.8. The van der Waals surface area contributed by atoms with Gasteiger partial charge < -0.3 is 28.9 Å². The number of piperidine rings is 1. The summed E-state index contributed by atoms with van der Waals surface area (Å²) in [5.41, 5.74) is 2.15. The average Bonchev–Trinajstić information content (AvgIpc) is 2.95. The molecule has 0 radical (unpaired) electrons. The molecule has 1 saturated heterocycles. The smallest absolute Gasteiger partial charge is 0.427 e. The van der Waals surface area contributed by atoms with Crippen LogP contribution in [0.4, 0.5) is 4.79 Å². The number of aliphatic hydroxyl groups is 1. The van der Waals surface area contributed by atoms with Crippen molar-refractivity contribution >= 4 is 25.0 Å². The van der Waals surface area contributed by atoms with Crippen molar-refractivity contribution in [2.24, 2.45) is 0 Å². The SMILES string of the molecule is CC(C)(C)OC(=O)ON1CCC(c2ccc(CO)cc2)C(OC(OCOCC[Si](C)(C)C)c2ccc3ccccc3c2)C1. The number of fused-ring (bicyclic) bond motifs is 1. The lowest BCUT2D eigenvalue weighted by molar-refractivity contribution is -0.245. The van der Waals surface area contributed by atoms with Crippen LogP contribution in [0.15, 0.2) is 66.7 Å². The third kappa shape index (κ3) is 10.4. The van der Waals surface area contributed by atoms with Crippen molar-refractivity contribution in [1.29, 1.82) is 0 Å². The number of benzene rings is 3. The van der Waals surface area contributed by atoms with Gasteiger partial charge in [0, 0.05) is 32.7 Å². The van der Waals surface area contributed by atoms with E-state index in [9.17, 15) is 9.90 Å². The van der Waals surface area contributed by atoms with E-state index in [1.165, 1.54) is 0 Å². The standard InChI is InChI=1S/C34H47NO7Si/c1-34(2,3)41-33(37)42-35-18-17-30(27-13-11-25(23-36)12-14-27)31(22-35)40-32(39-24-38-19-20-43(4,5)6)29-16-15-26-9-7-8-10-28(26)21-29/h7-16,21,30-32,36H,17-20,22-24H2,1-6H3. The summed E-state index contributed by atoms with van der Waals surface area (Å²) in [4.78, 5) is 18.1. The van der Waals surface area contributed by atoms with Gasteiger partial charge in [0.15, 0.2) is 6.29 Å². The van der Waals surface area contributed by atoms with Crippen LogP contribution in [0.5, 0.6) is 0 Å². The van der Waals surface area contributed by atoms with Crippen LogP contribution in [-0.2, 0) is 30.4 Å². The lowest BCUT2D eigenvalue weighted by atomic mass is 9.87. The summed E-state index contributed by atoms with van der Waals surface area (Å²) in [7, 11) is -1.24. The molecule has 1 N–H and O–H groups in total.